The number of benzene rings is 1. The molecule has 1 aliphatic carbocycles. The molecule has 0 saturated heterocycles. The zero-order valence-corrected chi connectivity index (χ0v) is 11.4. The Balaban J connectivity index is 2.13. The number of nitrogens with one attached hydrogen (secondary N) is 1. The van der Waals surface area contributed by atoms with Crippen LogP contribution in [0.4, 0.5) is 5.69 Å². The third kappa shape index (κ3) is 2.85. The van der Waals surface area contributed by atoms with E-state index in [1.165, 1.54) is 0 Å². The van der Waals surface area contributed by atoms with Crippen molar-refractivity contribution in [3.63, 3.8) is 0 Å². The molecule has 1 aromatic carbocycles. The van der Waals surface area contributed by atoms with Crippen molar-refractivity contribution in [2.24, 2.45) is 5.73 Å². The van der Waals surface area contributed by atoms with E-state index >= 15 is 0 Å². The Morgan fingerprint density at radius 1 is 1.33 bits per heavy atom. The number of amides is 1. The summed E-state index contributed by atoms with van der Waals surface area (Å²) in [6, 6.07) is 5.57. The van der Waals surface area contributed by atoms with Crippen LogP contribution in [0.25, 0.3) is 0 Å². The van der Waals surface area contributed by atoms with Gasteiger partial charge in [-0.25, -0.2) is 0 Å². The molecule has 1 saturated carbocycles. The molecule has 1 aliphatic rings. The SMILES string of the molecule is Cc1ccc(Cl)c(NC(=O)C2(N)CCCCC2)c1. The molecule has 1 fully saturated rings. The van der Waals surface area contributed by atoms with Crippen molar-refractivity contribution in [3.05, 3.63) is 28.8 Å². The van der Waals surface area contributed by atoms with E-state index in [1.807, 2.05) is 19.1 Å². The molecule has 3 N–H and O–H groups in total. The molecule has 2 rings (SSSR count). The quantitative estimate of drug-likeness (QED) is 0.863. The first-order valence-corrected chi connectivity index (χ1v) is 6.75. The molecular formula is C14H19ClN2O. The Bertz CT molecular complexity index is 453. The van der Waals surface area contributed by atoms with Gasteiger partial charge < -0.3 is 11.1 Å². The summed E-state index contributed by atoms with van der Waals surface area (Å²) in [6.07, 6.45) is 4.71. The van der Waals surface area contributed by atoms with Gasteiger partial charge in [0.1, 0.15) is 0 Å². The van der Waals surface area contributed by atoms with Gasteiger partial charge in [-0.1, -0.05) is 36.9 Å². The second-order valence-electron chi connectivity index (χ2n) is 5.15. The fraction of sp³-hybridized carbons (Fsp3) is 0.500. The van der Waals surface area contributed by atoms with Gasteiger partial charge in [0.2, 0.25) is 5.91 Å². The standard InChI is InChI=1S/C14H19ClN2O/c1-10-5-6-11(15)12(9-10)17-13(18)14(16)7-3-2-4-8-14/h5-6,9H,2-4,7-8,16H2,1H3,(H,17,18). The highest BCUT2D eigenvalue weighted by atomic mass is 35.5. The number of hydrogen-bond acceptors (Lipinski definition) is 2. The molecule has 18 heavy (non-hydrogen) atoms. The molecule has 0 atom stereocenters. The third-order valence-corrected chi connectivity index (χ3v) is 3.90. The molecule has 4 heteroatoms. The maximum atomic E-state index is 12.3. The predicted octanol–water partition coefficient (Wildman–Crippen LogP) is 3.25. The Hall–Kier alpha value is -1.06. The molecule has 0 spiro atoms. The van der Waals surface area contributed by atoms with Gasteiger partial charge in [-0.2, -0.15) is 0 Å². The molecule has 0 bridgehead atoms. The van der Waals surface area contributed by atoms with Gasteiger partial charge in [0, 0.05) is 0 Å². The minimum Gasteiger partial charge on any atom is -0.323 e. The van der Waals surface area contributed by atoms with Gasteiger partial charge in [-0.05, 0) is 37.5 Å². The van der Waals surface area contributed by atoms with Crippen LogP contribution in [0.5, 0.6) is 0 Å². The van der Waals surface area contributed by atoms with Crippen molar-refractivity contribution in [1.29, 1.82) is 0 Å². The van der Waals surface area contributed by atoms with E-state index in [2.05, 4.69) is 5.32 Å². The maximum absolute atomic E-state index is 12.3. The topological polar surface area (TPSA) is 55.1 Å². The maximum Gasteiger partial charge on any atom is 0.244 e. The van der Waals surface area contributed by atoms with Crippen molar-refractivity contribution >= 4 is 23.2 Å². The average Bonchev–Trinajstić information content (AvgIpc) is 2.35. The fourth-order valence-corrected chi connectivity index (χ4v) is 2.56. The zero-order valence-electron chi connectivity index (χ0n) is 10.6. The smallest absolute Gasteiger partial charge is 0.244 e. The van der Waals surface area contributed by atoms with E-state index in [1.54, 1.807) is 6.07 Å². The lowest BCUT2D eigenvalue weighted by atomic mass is 9.82. The largest absolute Gasteiger partial charge is 0.323 e. The summed E-state index contributed by atoms with van der Waals surface area (Å²) in [7, 11) is 0. The van der Waals surface area contributed by atoms with Gasteiger partial charge >= 0.3 is 0 Å². The Morgan fingerprint density at radius 2 is 2.00 bits per heavy atom. The van der Waals surface area contributed by atoms with Crippen molar-refractivity contribution in [1.82, 2.24) is 0 Å². The first-order chi connectivity index (χ1) is 8.51. The van der Waals surface area contributed by atoms with Crippen LogP contribution in [0.15, 0.2) is 18.2 Å². The van der Waals surface area contributed by atoms with E-state index in [9.17, 15) is 4.79 Å². The Morgan fingerprint density at radius 3 is 2.67 bits per heavy atom. The average molecular weight is 267 g/mol. The first-order valence-electron chi connectivity index (χ1n) is 6.38. The van der Waals surface area contributed by atoms with Crippen LogP contribution >= 0.6 is 11.6 Å². The molecule has 0 aromatic heterocycles. The number of aryl methyl sites for hydroxylation is 1. The summed E-state index contributed by atoms with van der Waals surface area (Å²) < 4.78 is 0. The number of hydrogen-bond donors (Lipinski definition) is 2. The van der Waals surface area contributed by atoms with Crippen molar-refractivity contribution in [2.75, 3.05) is 5.32 Å². The molecular weight excluding hydrogens is 248 g/mol. The highest BCUT2D eigenvalue weighted by molar-refractivity contribution is 6.33. The fourth-order valence-electron chi connectivity index (χ4n) is 2.39. The van der Waals surface area contributed by atoms with E-state index in [0.717, 1.165) is 37.7 Å². The van der Waals surface area contributed by atoms with Crippen LogP contribution in [-0.4, -0.2) is 11.4 Å². The Labute approximate surface area is 113 Å². The van der Waals surface area contributed by atoms with E-state index in [0.29, 0.717) is 10.7 Å². The molecule has 0 aliphatic heterocycles. The van der Waals surface area contributed by atoms with Crippen molar-refractivity contribution in [2.45, 2.75) is 44.6 Å². The minimum atomic E-state index is -0.731. The van der Waals surface area contributed by atoms with Gasteiger partial charge in [0.05, 0.1) is 16.2 Å². The summed E-state index contributed by atoms with van der Waals surface area (Å²) in [5.41, 5.74) is 7.16. The van der Waals surface area contributed by atoms with E-state index < -0.39 is 5.54 Å². The van der Waals surface area contributed by atoms with Crippen LogP contribution in [0.3, 0.4) is 0 Å². The van der Waals surface area contributed by atoms with Gasteiger partial charge in [-0.3, -0.25) is 4.79 Å². The summed E-state index contributed by atoms with van der Waals surface area (Å²) in [6.45, 7) is 1.96. The molecule has 0 heterocycles. The highest BCUT2D eigenvalue weighted by Gasteiger charge is 2.35. The van der Waals surface area contributed by atoms with Crippen molar-refractivity contribution in [3.8, 4) is 0 Å². The lowest BCUT2D eigenvalue weighted by molar-refractivity contribution is -0.122. The monoisotopic (exact) mass is 266 g/mol. The van der Waals surface area contributed by atoms with Crippen LogP contribution in [0.1, 0.15) is 37.7 Å². The molecule has 0 unspecified atom stereocenters. The van der Waals surface area contributed by atoms with Crippen LogP contribution in [0.2, 0.25) is 5.02 Å². The normalized spacial score (nSPS) is 18.4. The molecule has 1 aromatic rings. The van der Waals surface area contributed by atoms with E-state index in [-0.39, 0.29) is 5.91 Å². The van der Waals surface area contributed by atoms with Crippen LogP contribution < -0.4 is 11.1 Å². The molecule has 3 nitrogen and oxygen atoms in total. The molecule has 1 amide bonds. The molecule has 98 valence electrons. The van der Waals surface area contributed by atoms with Gasteiger partial charge in [0.15, 0.2) is 0 Å². The number of carbonyl (C=O) groups excluding carboxylic acids is 1. The van der Waals surface area contributed by atoms with Gasteiger partial charge in [-0.15, -0.1) is 0 Å². The summed E-state index contributed by atoms with van der Waals surface area (Å²) in [4.78, 5) is 12.3. The zero-order chi connectivity index (χ0) is 13.2. The third-order valence-electron chi connectivity index (χ3n) is 3.57. The Kier molecular flexibility index (Phi) is 3.93. The van der Waals surface area contributed by atoms with Gasteiger partial charge in [0.25, 0.3) is 0 Å². The van der Waals surface area contributed by atoms with Crippen LogP contribution in [-0.2, 0) is 4.79 Å². The summed E-state index contributed by atoms with van der Waals surface area (Å²) in [5.74, 6) is -0.116. The summed E-state index contributed by atoms with van der Waals surface area (Å²) in [5, 5.41) is 3.41. The number of nitrogens with two attached hydrogens (primary N) is 1. The lowest BCUT2D eigenvalue weighted by Gasteiger charge is -2.31. The first kappa shape index (κ1) is 13.4. The van der Waals surface area contributed by atoms with Crippen molar-refractivity contribution < 1.29 is 4.79 Å². The number of carbonyl (C=O) groups is 1. The number of halogens is 1. The second-order valence-corrected chi connectivity index (χ2v) is 5.56. The molecule has 0 radical (unpaired) electrons. The predicted molar refractivity (Wildman–Crippen MR) is 74.8 cm³/mol. The van der Waals surface area contributed by atoms with E-state index in [4.69, 9.17) is 17.3 Å². The summed E-state index contributed by atoms with van der Waals surface area (Å²) >= 11 is 6.07. The van der Waals surface area contributed by atoms with Crippen LogP contribution in [0, 0.1) is 6.92 Å². The number of rotatable bonds is 2. The second kappa shape index (κ2) is 5.29. The number of anilines is 1. The minimum absolute atomic E-state index is 0.116. The lowest BCUT2D eigenvalue weighted by Crippen LogP contribution is -2.52. The highest BCUT2D eigenvalue weighted by Crippen LogP contribution is 2.29.